The number of ether oxygens (including phenoxy) is 1. The van der Waals surface area contributed by atoms with Gasteiger partial charge in [-0.25, -0.2) is 4.98 Å². The van der Waals surface area contributed by atoms with E-state index in [2.05, 4.69) is 15.6 Å². The maximum Gasteiger partial charge on any atom is 0.255 e. The quantitative estimate of drug-likeness (QED) is 0.598. The molecule has 29 heavy (non-hydrogen) atoms. The molecule has 6 nitrogen and oxygen atoms in total. The van der Waals surface area contributed by atoms with Gasteiger partial charge in [-0.2, -0.15) is 0 Å². The summed E-state index contributed by atoms with van der Waals surface area (Å²) in [5.74, 6) is 0.531. The van der Waals surface area contributed by atoms with Crippen molar-refractivity contribution in [1.82, 2.24) is 4.98 Å². The highest BCUT2D eigenvalue weighted by Gasteiger charge is 2.29. The van der Waals surface area contributed by atoms with Crippen LogP contribution in [0.5, 0.6) is 5.75 Å². The predicted octanol–water partition coefficient (Wildman–Crippen LogP) is 4.63. The average molecular weight is 407 g/mol. The summed E-state index contributed by atoms with van der Waals surface area (Å²) in [6, 6.07) is 12.5. The molecule has 4 rings (SSSR count). The summed E-state index contributed by atoms with van der Waals surface area (Å²) in [7, 11) is 0. The molecule has 2 amide bonds. The fourth-order valence-corrected chi connectivity index (χ4v) is 3.36. The summed E-state index contributed by atoms with van der Waals surface area (Å²) in [6.07, 6.45) is 1.89. The van der Waals surface area contributed by atoms with Gasteiger partial charge < -0.3 is 15.4 Å². The smallest absolute Gasteiger partial charge is 0.255 e. The van der Waals surface area contributed by atoms with Crippen LogP contribution in [-0.4, -0.2) is 16.8 Å². The van der Waals surface area contributed by atoms with Crippen molar-refractivity contribution < 1.29 is 14.3 Å². The van der Waals surface area contributed by atoms with Gasteiger partial charge in [-0.3, -0.25) is 9.59 Å². The van der Waals surface area contributed by atoms with Crippen LogP contribution in [0.1, 0.15) is 34.5 Å². The summed E-state index contributed by atoms with van der Waals surface area (Å²) < 4.78 is 5.72. The molecular weight excluding hydrogens is 386 g/mol. The van der Waals surface area contributed by atoms with E-state index in [0.29, 0.717) is 29.3 Å². The Morgan fingerprint density at radius 2 is 2.03 bits per heavy atom. The Morgan fingerprint density at radius 3 is 2.79 bits per heavy atom. The zero-order valence-electron chi connectivity index (χ0n) is 16.0. The lowest BCUT2D eigenvalue weighted by Crippen LogP contribution is -2.15. The fourth-order valence-electron chi connectivity index (χ4n) is 2.81. The Bertz CT molecular complexity index is 1030. The normalized spacial score (nSPS) is 13.0. The Labute approximate surface area is 172 Å². The van der Waals surface area contributed by atoms with Crippen LogP contribution >= 0.6 is 11.3 Å². The van der Waals surface area contributed by atoms with Gasteiger partial charge in [0.1, 0.15) is 12.4 Å². The molecule has 0 radical (unpaired) electrons. The Balaban J connectivity index is 1.43. The molecule has 1 heterocycles. The van der Waals surface area contributed by atoms with E-state index in [1.807, 2.05) is 30.5 Å². The van der Waals surface area contributed by atoms with Gasteiger partial charge in [0.2, 0.25) is 5.91 Å². The lowest BCUT2D eigenvalue weighted by Gasteiger charge is -2.12. The van der Waals surface area contributed by atoms with Gasteiger partial charge in [0, 0.05) is 28.2 Å². The molecule has 0 bridgehead atoms. The first-order chi connectivity index (χ1) is 14.1. The van der Waals surface area contributed by atoms with Crippen molar-refractivity contribution >= 4 is 34.5 Å². The van der Waals surface area contributed by atoms with E-state index in [9.17, 15) is 9.59 Å². The van der Waals surface area contributed by atoms with Crippen molar-refractivity contribution in [3.8, 4) is 5.75 Å². The molecule has 7 heteroatoms. The molecule has 1 fully saturated rings. The number of carbonyl (C=O) groups excluding carboxylic acids is 2. The number of aryl methyl sites for hydroxylation is 1. The Kier molecular flexibility index (Phi) is 5.57. The molecular formula is C22H21N3O3S. The number of nitrogens with one attached hydrogen (secondary N) is 2. The first kappa shape index (κ1) is 19.1. The third kappa shape index (κ3) is 5.00. The minimum Gasteiger partial charge on any atom is -0.487 e. The molecule has 1 saturated carbocycles. The summed E-state index contributed by atoms with van der Waals surface area (Å²) >= 11 is 1.51. The van der Waals surface area contributed by atoms with Crippen LogP contribution in [0.25, 0.3) is 0 Å². The van der Waals surface area contributed by atoms with Crippen molar-refractivity contribution in [1.29, 1.82) is 0 Å². The fraction of sp³-hybridized carbons (Fsp3) is 0.227. The van der Waals surface area contributed by atoms with Crippen LogP contribution in [0.15, 0.2) is 53.4 Å². The number of hydrogen-bond acceptors (Lipinski definition) is 5. The molecule has 0 spiro atoms. The maximum absolute atomic E-state index is 12.7. The topological polar surface area (TPSA) is 80.3 Å². The van der Waals surface area contributed by atoms with Crippen LogP contribution < -0.4 is 15.4 Å². The van der Waals surface area contributed by atoms with E-state index in [1.165, 1.54) is 11.3 Å². The first-order valence-corrected chi connectivity index (χ1v) is 10.4. The second-order valence-corrected chi connectivity index (χ2v) is 7.76. The molecule has 1 aliphatic rings. The number of nitrogens with zero attached hydrogens (tertiary/aromatic N) is 1. The SMILES string of the molecule is Cc1ccc(NC(=O)C2CC2)cc1NC(=O)c1cccc(OCc2cscn2)c1. The van der Waals surface area contributed by atoms with E-state index in [1.54, 1.807) is 29.8 Å². The van der Waals surface area contributed by atoms with Crippen LogP contribution in [0.3, 0.4) is 0 Å². The second kappa shape index (κ2) is 8.45. The lowest BCUT2D eigenvalue weighted by atomic mass is 10.1. The van der Waals surface area contributed by atoms with E-state index in [4.69, 9.17) is 4.74 Å². The van der Waals surface area contributed by atoms with Crippen molar-refractivity contribution in [3.05, 3.63) is 70.2 Å². The number of aromatic nitrogens is 1. The summed E-state index contributed by atoms with van der Waals surface area (Å²) in [5, 5.41) is 7.76. The largest absolute Gasteiger partial charge is 0.487 e. The van der Waals surface area contributed by atoms with E-state index in [0.717, 1.165) is 24.1 Å². The van der Waals surface area contributed by atoms with Crippen LogP contribution in [-0.2, 0) is 11.4 Å². The standard InChI is InChI=1S/C22H21N3O3S/c1-14-5-8-17(24-21(26)15-6-7-15)10-20(14)25-22(27)16-3-2-4-19(9-16)28-11-18-12-29-13-23-18/h2-5,8-10,12-13,15H,6-7,11H2,1H3,(H,24,26)(H,25,27). The summed E-state index contributed by atoms with van der Waals surface area (Å²) in [5.41, 5.74) is 5.36. The van der Waals surface area contributed by atoms with Gasteiger partial charge in [0.15, 0.2) is 0 Å². The predicted molar refractivity (Wildman–Crippen MR) is 113 cm³/mol. The van der Waals surface area contributed by atoms with Gasteiger partial charge in [-0.1, -0.05) is 12.1 Å². The molecule has 0 saturated heterocycles. The number of benzene rings is 2. The molecule has 0 atom stereocenters. The second-order valence-electron chi connectivity index (χ2n) is 7.04. The van der Waals surface area contributed by atoms with E-state index in [-0.39, 0.29) is 17.7 Å². The van der Waals surface area contributed by atoms with Gasteiger partial charge in [0.05, 0.1) is 11.2 Å². The number of hydrogen-bond donors (Lipinski definition) is 2. The van der Waals surface area contributed by atoms with Crippen molar-refractivity contribution in [3.63, 3.8) is 0 Å². The molecule has 0 unspecified atom stereocenters. The van der Waals surface area contributed by atoms with Gasteiger partial charge in [0.25, 0.3) is 5.91 Å². The number of rotatable bonds is 7. The minimum absolute atomic E-state index is 0.0380. The van der Waals surface area contributed by atoms with Crippen LogP contribution in [0, 0.1) is 12.8 Å². The summed E-state index contributed by atoms with van der Waals surface area (Å²) in [6.45, 7) is 2.27. The van der Waals surface area contributed by atoms with Gasteiger partial charge in [-0.05, 0) is 55.7 Å². The highest BCUT2D eigenvalue weighted by Crippen LogP contribution is 2.31. The van der Waals surface area contributed by atoms with Crippen molar-refractivity contribution in [2.45, 2.75) is 26.4 Å². The lowest BCUT2D eigenvalue weighted by molar-refractivity contribution is -0.117. The van der Waals surface area contributed by atoms with Gasteiger partial charge >= 0.3 is 0 Å². The van der Waals surface area contributed by atoms with Gasteiger partial charge in [-0.15, -0.1) is 11.3 Å². The molecule has 2 N–H and O–H groups in total. The van der Waals surface area contributed by atoms with Crippen molar-refractivity contribution in [2.24, 2.45) is 5.92 Å². The third-order valence-electron chi connectivity index (χ3n) is 4.67. The first-order valence-electron chi connectivity index (χ1n) is 9.41. The highest BCUT2D eigenvalue weighted by atomic mass is 32.1. The minimum atomic E-state index is -0.238. The molecule has 1 aromatic heterocycles. The number of amides is 2. The zero-order chi connectivity index (χ0) is 20.2. The zero-order valence-corrected chi connectivity index (χ0v) is 16.8. The maximum atomic E-state index is 12.7. The van der Waals surface area contributed by atoms with Crippen LogP contribution in [0.4, 0.5) is 11.4 Å². The van der Waals surface area contributed by atoms with Crippen molar-refractivity contribution in [2.75, 3.05) is 10.6 Å². The van der Waals surface area contributed by atoms with Crippen LogP contribution in [0.2, 0.25) is 0 Å². The third-order valence-corrected chi connectivity index (χ3v) is 5.30. The summed E-state index contributed by atoms with van der Waals surface area (Å²) in [4.78, 5) is 28.9. The Morgan fingerprint density at radius 1 is 1.17 bits per heavy atom. The molecule has 2 aromatic carbocycles. The molecule has 148 valence electrons. The average Bonchev–Trinajstić information content (AvgIpc) is 3.45. The molecule has 1 aliphatic carbocycles. The Hall–Kier alpha value is -3.19. The number of anilines is 2. The van der Waals surface area contributed by atoms with E-state index >= 15 is 0 Å². The van der Waals surface area contributed by atoms with E-state index < -0.39 is 0 Å². The molecule has 3 aromatic rings. The highest BCUT2D eigenvalue weighted by molar-refractivity contribution is 7.07. The number of carbonyl (C=O) groups is 2. The monoisotopic (exact) mass is 407 g/mol. The molecule has 0 aliphatic heterocycles. The number of thiazole rings is 1.